The molecule has 2 aliphatic heterocycles. The SMILES string of the molecule is Cc1ccc(C2CC(c3ccc(F)cc3)=NN2C2=NC(=O)C(CC(=O)Nc3cccc(F)c3)S2)cc1. The fourth-order valence-corrected chi connectivity index (χ4v) is 5.16. The third kappa shape index (κ3) is 5.21. The van der Waals surface area contributed by atoms with E-state index in [2.05, 4.69) is 10.3 Å². The Balaban J connectivity index is 1.35. The van der Waals surface area contributed by atoms with Gasteiger partial charge in [-0.25, -0.2) is 13.8 Å². The number of amidine groups is 1. The first-order valence-electron chi connectivity index (χ1n) is 11.4. The van der Waals surface area contributed by atoms with Crippen LogP contribution in [0.1, 0.15) is 35.6 Å². The molecule has 9 heteroatoms. The predicted molar refractivity (Wildman–Crippen MR) is 137 cm³/mol. The number of nitrogens with one attached hydrogen (secondary N) is 1. The van der Waals surface area contributed by atoms with Gasteiger partial charge in [0.1, 0.15) is 16.9 Å². The summed E-state index contributed by atoms with van der Waals surface area (Å²) in [5.74, 6) is -1.62. The van der Waals surface area contributed by atoms with Gasteiger partial charge in [0, 0.05) is 18.5 Å². The number of hydrazone groups is 1. The second-order valence-electron chi connectivity index (χ2n) is 8.63. The number of carbonyl (C=O) groups is 2. The van der Waals surface area contributed by atoms with Crippen molar-refractivity contribution in [2.75, 3.05) is 5.32 Å². The number of carbonyl (C=O) groups excluding carboxylic acids is 2. The molecule has 0 aliphatic carbocycles. The highest BCUT2D eigenvalue weighted by atomic mass is 32.2. The normalized spacial score (nSPS) is 19.3. The second kappa shape index (κ2) is 10.0. The zero-order valence-corrected chi connectivity index (χ0v) is 20.1. The van der Waals surface area contributed by atoms with Crippen LogP contribution < -0.4 is 5.32 Å². The molecule has 0 radical (unpaired) electrons. The lowest BCUT2D eigenvalue weighted by Gasteiger charge is -2.23. The van der Waals surface area contributed by atoms with Crippen LogP contribution in [0.4, 0.5) is 14.5 Å². The summed E-state index contributed by atoms with van der Waals surface area (Å²) in [7, 11) is 0. The molecule has 0 saturated carbocycles. The van der Waals surface area contributed by atoms with Crippen molar-refractivity contribution in [1.29, 1.82) is 0 Å². The van der Waals surface area contributed by atoms with Crippen LogP contribution in [0.3, 0.4) is 0 Å². The van der Waals surface area contributed by atoms with Gasteiger partial charge in [0.05, 0.1) is 11.8 Å². The molecule has 0 aromatic heterocycles. The molecule has 1 N–H and O–H groups in total. The average Bonchev–Trinajstić information content (AvgIpc) is 3.44. The summed E-state index contributed by atoms with van der Waals surface area (Å²) in [6, 6.07) is 19.6. The summed E-state index contributed by atoms with van der Waals surface area (Å²) in [5.41, 5.74) is 3.99. The molecule has 2 atom stereocenters. The fraction of sp³-hybridized carbons (Fsp3) is 0.185. The number of thioether (sulfide) groups is 1. The zero-order chi connectivity index (χ0) is 25.2. The molecular formula is C27H22F2N4O2S. The quantitative estimate of drug-likeness (QED) is 0.501. The molecule has 2 heterocycles. The van der Waals surface area contributed by atoms with E-state index in [1.807, 2.05) is 31.2 Å². The van der Waals surface area contributed by atoms with E-state index in [1.54, 1.807) is 23.2 Å². The Morgan fingerprint density at radius 1 is 1.06 bits per heavy atom. The molecular weight excluding hydrogens is 482 g/mol. The highest BCUT2D eigenvalue weighted by Gasteiger charge is 2.39. The summed E-state index contributed by atoms with van der Waals surface area (Å²) < 4.78 is 26.9. The molecule has 3 aromatic rings. The number of amides is 2. The fourth-order valence-electron chi connectivity index (χ4n) is 4.10. The molecule has 0 spiro atoms. The van der Waals surface area contributed by atoms with Gasteiger partial charge in [-0.1, -0.05) is 59.8 Å². The van der Waals surface area contributed by atoms with Gasteiger partial charge in [0.25, 0.3) is 5.91 Å². The summed E-state index contributed by atoms with van der Waals surface area (Å²) in [6.45, 7) is 2.01. The average molecular weight is 505 g/mol. The number of anilines is 1. The molecule has 0 saturated heterocycles. The van der Waals surface area contributed by atoms with Crippen molar-refractivity contribution in [3.63, 3.8) is 0 Å². The van der Waals surface area contributed by atoms with Crippen LogP contribution in [0.15, 0.2) is 82.9 Å². The first-order chi connectivity index (χ1) is 17.4. The highest BCUT2D eigenvalue weighted by molar-refractivity contribution is 8.15. The van der Waals surface area contributed by atoms with Crippen molar-refractivity contribution in [2.45, 2.75) is 31.1 Å². The lowest BCUT2D eigenvalue weighted by Crippen LogP contribution is -2.25. The molecule has 2 unspecified atom stereocenters. The van der Waals surface area contributed by atoms with E-state index in [9.17, 15) is 18.4 Å². The summed E-state index contributed by atoms with van der Waals surface area (Å²) in [6.07, 6.45) is 0.442. The lowest BCUT2D eigenvalue weighted by molar-refractivity contribution is -0.121. The molecule has 2 aliphatic rings. The molecule has 3 aromatic carbocycles. The molecule has 182 valence electrons. The van der Waals surface area contributed by atoms with Gasteiger partial charge in [0.2, 0.25) is 5.91 Å². The standard InChI is InChI=1S/C27H22F2N4O2S/c1-16-5-7-18(8-6-16)23-14-22(17-9-11-19(28)12-10-17)32-33(23)27-31-26(35)24(36-27)15-25(34)30-21-4-2-3-20(29)13-21/h2-13,23-24H,14-15H2,1H3,(H,30,34). The van der Waals surface area contributed by atoms with E-state index in [-0.39, 0.29) is 18.3 Å². The smallest absolute Gasteiger partial charge is 0.262 e. The zero-order valence-electron chi connectivity index (χ0n) is 19.3. The van der Waals surface area contributed by atoms with Crippen LogP contribution in [-0.4, -0.2) is 33.0 Å². The van der Waals surface area contributed by atoms with Crippen molar-refractivity contribution < 1.29 is 18.4 Å². The number of benzene rings is 3. The van der Waals surface area contributed by atoms with Crippen LogP contribution in [0.2, 0.25) is 0 Å². The maximum absolute atomic E-state index is 13.5. The summed E-state index contributed by atoms with van der Waals surface area (Å²) >= 11 is 1.18. The lowest BCUT2D eigenvalue weighted by atomic mass is 9.98. The minimum Gasteiger partial charge on any atom is -0.326 e. The predicted octanol–water partition coefficient (Wildman–Crippen LogP) is 5.45. The van der Waals surface area contributed by atoms with E-state index in [1.165, 1.54) is 42.1 Å². The monoisotopic (exact) mass is 504 g/mol. The van der Waals surface area contributed by atoms with Crippen molar-refractivity contribution in [1.82, 2.24) is 5.01 Å². The number of hydrogen-bond donors (Lipinski definition) is 1. The second-order valence-corrected chi connectivity index (χ2v) is 9.80. The number of hydrogen-bond acceptors (Lipinski definition) is 5. The third-order valence-corrected chi connectivity index (χ3v) is 7.10. The van der Waals surface area contributed by atoms with Crippen molar-refractivity contribution in [2.24, 2.45) is 10.1 Å². The minimum atomic E-state index is -0.711. The first-order valence-corrected chi connectivity index (χ1v) is 12.3. The van der Waals surface area contributed by atoms with Crippen LogP contribution in [0.25, 0.3) is 0 Å². The van der Waals surface area contributed by atoms with Gasteiger partial charge in [-0.2, -0.15) is 10.1 Å². The minimum absolute atomic E-state index is 0.107. The van der Waals surface area contributed by atoms with Gasteiger partial charge in [0.15, 0.2) is 5.17 Å². The maximum atomic E-state index is 13.5. The first kappa shape index (κ1) is 23.9. The largest absolute Gasteiger partial charge is 0.326 e. The van der Waals surface area contributed by atoms with Crippen LogP contribution in [0, 0.1) is 18.6 Å². The Labute approximate surface area is 211 Å². The number of rotatable bonds is 5. The van der Waals surface area contributed by atoms with Gasteiger partial charge in [-0.3, -0.25) is 9.59 Å². The van der Waals surface area contributed by atoms with E-state index < -0.39 is 22.9 Å². The number of halogens is 2. The number of nitrogens with zero attached hydrogens (tertiary/aromatic N) is 3. The van der Waals surface area contributed by atoms with E-state index >= 15 is 0 Å². The van der Waals surface area contributed by atoms with Gasteiger partial charge in [-0.05, 0) is 48.4 Å². The maximum Gasteiger partial charge on any atom is 0.262 e. The summed E-state index contributed by atoms with van der Waals surface area (Å²) in [4.78, 5) is 29.4. The molecule has 2 amide bonds. The number of aryl methyl sites for hydroxylation is 1. The van der Waals surface area contributed by atoms with Crippen molar-refractivity contribution >= 4 is 40.1 Å². The Hall–Kier alpha value is -3.85. The molecule has 0 bridgehead atoms. The van der Waals surface area contributed by atoms with Crippen LogP contribution >= 0.6 is 11.8 Å². The molecule has 36 heavy (non-hydrogen) atoms. The van der Waals surface area contributed by atoms with E-state index in [0.717, 1.165) is 22.4 Å². The van der Waals surface area contributed by atoms with Gasteiger partial charge < -0.3 is 5.32 Å². The third-order valence-electron chi connectivity index (χ3n) is 5.95. The number of aliphatic imine (C=N–C) groups is 1. The Kier molecular flexibility index (Phi) is 6.65. The van der Waals surface area contributed by atoms with Gasteiger partial charge in [-0.15, -0.1) is 0 Å². The molecule has 6 nitrogen and oxygen atoms in total. The highest BCUT2D eigenvalue weighted by Crippen LogP contribution is 2.38. The summed E-state index contributed by atoms with van der Waals surface area (Å²) in [5, 5.41) is 8.79. The van der Waals surface area contributed by atoms with Gasteiger partial charge >= 0.3 is 0 Å². The van der Waals surface area contributed by atoms with Crippen LogP contribution in [0.5, 0.6) is 0 Å². The van der Waals surface area contributed by atoms with Crippen LogP contribution in [-0.2, 0) is 9.59 Å². The Morgan fingerprint density at radius 3 is 2.53 bits per heavy atom. The van der Waals surface area contributed by atoms with E-state index in [0.29, 0.717) is 17.3 Å². The topological polar surface area (TPSA) is 74.1 Å². The Bertz CT molecular complexity index is 1370. The van der Waals surface area contributed by atoms with Crippen molar-refractivity contribution in [3.05, 3.63) is 101 Å². The Morgan fingerprint density at radius 2 is 1.81 bits per heavy atom. The van der Waals surface area contributed by atoms with E-state index in [4.69, 9.17) is 5.10 Å². The van der Waals surface area contributed by atoms with Crippen molar-refractivity contribution in [3.8, 4) is 0 Å². The molecule has 0 fully saturated rings. The molecule has 5 rings (SSSR count).